The highest BCUT2D eigenvalue weighted by Crippen LogP contribution is 2.63. The summed E-state index contributed by atoms with van der Waals surface area (Å²) in [6, 6.07) is 41.2. The van der Waals surface area contributed by atoms with Gasteiger partial charge in [-0.15, -0.1) is 0 Å². The summed E-state index contributed by atoms with van der Waals surface area (Å²) in [5, 5.41) is 9.27. The summed E-state index contributed by atoms with van der Waals surface area (Å²) < 4.78 is 5.40. The van der Waals surface area contributed by atoms with Crippen LogP contribution in [-0.2, 0) is 5.41 Å². The van der Waals surface area contributed by atoms with Crippen molar-refractivity contribution in [3.8, 4) is 39.1 Å². The quantitative estimate of drug-likeness (QED) is 0.328. The normalized spacial score (nSPS) is 13.7. The van der Waals surface area contributed by atoms with E-state index < -0.39 is 0 Å². The van der Waals surface area contributed by atoms with Crippen LogP contribution in [0.25, 0.3) is 33.4 Å². The van der Waals surface area contributed by atoms with Crippen LogP contribution in [0.1, 0.15) is 22.3 Å². The molecule has 2 nitrogen and oxygen atoms in total. The van der Waals surface area contributed by atoms with Crippen LogP contribution in [0.15, 0.2) is 115 Å². The van der Waals surface area contributed by atoms with Gasteiger partial charge in [0.25, 0.3) is 0 Å². The molecule has 5 aromatic carbocycles. The zero-order chi connectivity index (χ0) is 22.7. The maximum absolute atomic E-state index is 9.27. The Balaban J connectivity index is 1.60. The van der Waals surface area contributed by atoms with Crippen LogP contribution in [0.2, 0.25) is 0 Å². The Kier molecular flexibility index (Phi) is 4.11. The van der Waals surface area contributed by atoms with E-state index in [4.69, 9.17) is 4.65 Å². The molecule has 0 heterocycles. The Labute approximate surface area is 199 Å². The van der Waals surface area contributed by atoms with E-state index in [1.165, 1.54) is 50.1 Å². The highest BCUT2D eigenvalue weighted by Gasteiger charge is 2.51. The van der Waals surface area contributed by atoms with Crippen molar-refractivity contribution >= 4 is 7.69 Å². The Morgan fingerprint density at radius 2 is 1.06 bits per heavy atom. The first kappa shape index (κ1) is 19.4. The molecule has 0 aromatic heterocycles. The third-order valence-electron chi connectivity index (χ3n) is 7.40. The second-order valence-corrected chi connectivity index (χ2v) is 8.92. The first-order valence-electron chi connectivity index (χ1n) is 11.6. The van der Waals surface area contributed by atoms with E-state index in [2.05, 4.69) is 97.1 Å². The number of benzene rings is 5. The molecular formula is C31H21BO2. The zero-order valence-electron chi connectivity index (χ0n) is 18.5. The highest BCUT2D eigenvalue weighted by molar-refractivity contribution is 6.17. The fraction of sp³-hybridized carbons (Fsp3) is 0.0323. The molecular weight excluding hydrogens is 415 g/mol. The molecule has 1 spiro atoms. The van der Waals surface area contributed by atoms with Gasteiger partial charge in [0.05, 0.1) is 5.41 Å². The number of hydrogen-bond acceptors (Lipinski definition) is 2. The van der Waals surface area contributed by atoms with Crippen LogP contribution in [0, 0.1) is 0 Å². The SMILES string of the molecule is OBOc1cccc(-c2cccc3c2-c2ccccc2C32c3ccccc3-c3ccccc32)c1. The molecule has 160 valence electrons. The Hall–Kier alpha value is -4.08. The van der Waals surface area contributed by atoms with Crippen LogP contribution in [0.4, 0.5) is 0 Å². The van der Waals surface area contributed by atoms with Gasteiger partial charge in [-0.3, -0.25) is 0 Å². The van der Waals surface area contributed by atoms with Gasteiger partial charge in [0.2, 0.25) is 0 Å². The lowest BCUT2D eigenvalue weighted by molar-refractivity contribution is 0.454. The van der Waals surface area contributed by atoms with Crippen molar-refractivity contribution in [2.45, 2.75) is 5.41 Å². The molecule has 5 aromatic rings. The molecule has 34 heavy (non-hydrogen) atoms. The van der Waals surface area contributed by atoms with Crippen LogP contribution < -0.4 is 4.65 Å². The molecule has 3 heteroatoms. The number of hydrogen-bond donors (Lipinski definition) is 1. The van der Waals surface area contributed by atoms with E-state index in [1.807, 2.05) is 18.2 Å². The molecule has 0 bridgehead atoms. The van der Waals surface area contributed by atoms with Gasteiger partial charge in [-0.2, -0.15) is 0 Å². The molecule has 0 unspecified atom stereocenters. The third kappa shape index (κ3) is 2.40. The van der Waals surface area contributed by atoms with Gasteiger partial charge in [0.1, 0.15) is 5.75 Å². The standard InChI is InChI=1S/C31H21BO2/c33-32-34-21-10-7-9-20(19-21)22-14-8-18-29-30(22)25-13-3-6-17-28(25)31(29)26-15-4-1-11-23(26)24-12-2-5-16-27(24)31/h1-19,32-33H. The Morgan fingerprint density at radius 3 is 1.74 bits per heavy atom. The second-order valence-electron chi connectivity index (χ2n) is 8.92. The minimum absolute atomic E-state index is 0.337. The van der Waals surface area contributed by atoms with Crippen LogP contribution >= 0.6 is 0 Å². The summed E-state index contributed by atoms with van der Waals surface area (Å²) in [6.45, 7) is 0. The monoisotopic (exact) mass is 436 g/mol. The minimum Gasteiger partial charge on any atom is -0.539 e. The van der Waals surface area contributed by atoms with Crippen molar-refractivity contribution in [3.63, 3.8) is 0 Å². The van der Waals surface area contributed by atoms with Crippen molar-refractivity contribution < 1.29 is 9.68 Å². The van der Waals surface area contributed by atoms with Gasteiger partial charge in [-0.25, -0.2) is 0 Å². The van der Waals surface area contributed by atoms with Gasteiger partial charge in [0, 0.05) is 0 Å². The fourth-order valence-corrected chi connectivity index (χ4v) is 6.21. The average Bonchev–Trinajstić information content (AvgIpc) is 3.37. The summed E-state index contributed by atoms with van der Waals surface area (Å²) in [5.41, 5.74) is 12.4. The summed E-state index contributed by atoms with van der Waals surface area (Å²) in [6.07, 6.45) is 0. The largest absolute Gasteiger partial charge is 0.539 e. The van der Waals surface area contributed by atoms with Crippen molar-refractivity contribution in [1.82, 2.24) is 0 Å². The van der Waals surface area contributed by atoms with Gasteiger partial charge < -0.3 is 9.68 Å². The third-order valence-corrected chi connectivity index (χ3v) is 7.40. The van der Waals surface area contributed by atoms with Crippen molar-refractivity contribution in [2.24, 2.45) is 0 Å². The molecule has 0 atom stereocenters. The van der Waals surface area contributed by atoms with Crippen molar-refractivity contribution in [2.75, 3.05) is 0 Å². The molecule has 2 aliphatic rings. The topological polar surface area (TPSA) is 29.5 Å². The lowest BCUT2D eigenvalue weighted by Gasteiger charge is -2.30. The Morgan fingerprint density at radius 1 is 0.529 bits per heavy atom. The molecule has 1 N–H and O–H groups in total. The van der Waals surface area contributed by atoms with Gasteiger partial charge in [0.15, 0.2) is 0 Å². The predicted molar refractivity (Wildman–Crippen MR) is 138 cm³/mol. The molecule has 0 radical (unpaired) electrons. The van der Waals surface area contributed by atoms with Gasteiger partial charge in [-0.1, -0.05) is 103 Å². The summed E-state index contributed by atoms with van der Waals surface area (Å²) in [4.78, 5) is 0. The average molecular weight is 436 g/mol. The minimum atomic E-state index is -0.339. The van der Waals surface area contributed by atoms with Gasteiger partial charge in [-0.05, 0) is 67.8 Å². The van der Waals surface area contributed by atoms with Crippen LogP contribution in [0.3, 0.4) is 0 Å². The maximum atomic E-state index is 9.27. The smallest absolute Gasteiger partial charge is 0.504 e. The van der Waals surface area contributed by atoms with E-state index in [-0.39, 0.29) is 13.1 Å². The molecule has 0 saturated carbocycles. The Bertz CT molecular complexity index is 1540. The fourth-order valence-electron chi connectivity index (χ4n) is 6.21. The van der Waals surface area contributed by atoms with E-state index >= 15 is 0 Å². The first-order chi connectivity index (χ1) is 16.8. The number of rotatable bonds is 3. The van der Waals surface area contributed by atoms with Crippen molar-refractivity contribution in [3.05, 3.63) is 138 Å². The predicted octanol–water partition coefficient (Wildman–Crippen LogP) is 6.33. The number of fused-ring (bicyclic) bond motifs is 10. The summed E-state index contributed by atoms with van der Waals surface area (Å²) in [5.74, 6) is 0.662. The van der Waals surface area contributed by atoms with E-state index in [0.717, 1.165) is 5.56 Å². The molecule has 0 fully saturated rings. The van der Waals surface area contributed by atoms with E-state index in [1.54, 1.807) is 0 Å². The zero-order valence-corrected chi connectivity index (χ0v) is 18.5. The van der Waals surface area contributed by atoms with Gasteiger partial charge >= 0.3 is 7.69 Å². The molecule has 0 saturated heterocycles. The van der Waals surface area contributed by atoms with E-state index in [0.29, 0.717) is 5.75 Å². The maximum Gasteiger partial charge on any atom is 0.504 e. The second kappa shape index (κ2) is 7.21. The van der Waals surface area contributed by atoms with E-state index in [9.17, 15) is 5.02 Å². The van der Waals surface area contributed by atoms with Crippen molar-refractivity contribution in [1.29, 1.82) is 0 Å². The lowest BCUT2D eigenvalue weighted by Crippen LogP contribution is -2.25. The molecule has 2 aliphatic carbocycles. The highest BCUT2D eigenvalue weighted by atomic mass is 16.5. The summed E-state index contributed by atoms with van der Waals surface area (Å²) in [7, 11) is -0.337. The van der Waals surface area contributed by atoms with Crippen LogP contribution in [0.5, 0.6) is 5.75 Å². The first-order valence-corrected chi connectivity index (χ1v) is 11.6. The van der Waals surface area contributed by atoms with Crippen LogP contribution in [-0.4, -0.2) is 12.7 Å². The molecule has 0 amide bonds. The molecule has 7 rings (SSSR count). The molecule has 0 aliphatic heterocycles. The summed E-state index contributed by atoms with van der Waals surface area (Å²) >= 11 is 0. The lowest BCUT2D eigenvalue weighted by atomic mass is 9.70.